The second-order valence-electron chi connectivity index (χ2n) is 6.51. The Morgan fingerprint density at radius 1 is 1.20 bits per heavy atom. The summed E-state index contributed by atoms with van der Waals surface area (Å²) in [5.41, 5.74) is -0.758. The Bertz CT molecular complexity index is 853. The molecule has 7 nitrogen and oxygen atoms in total. The monoisotopic (exact) mass is 343 g/mol. The standard InChI is InChI=1S/C18H21N3O4/c22-15(20-18(17(24)25)9-4-1-5-10-18)8-11-21-12-19-14-7-3-2-6-13(14)16(21)23/h2-3,6-7,12H,1,4-5,8-11H2,(H,20,22)(H,24,25). The van der Waals surface area contributed by atoms with Gasteiger partial charge in [-0.15, -0.1) is 0 Å². The minimum atomic E-state index is -1.16. The molecule has 1 aromatic carbocycles. The summed E-state index contributed by atoms with van der Waals surface area (Å²) in [6, 6.07) is 7.03. The van der Waals surface area contributed by atoms with E-state index in [0.717, 1.165) is 19.3 Å². The topological polar surface area (TPSA) is 101 Å². The van der Waals surface area contributed by atoms with Gasteiger partial charge in [0.2, 0.25) is 5.91 Å². The van der Waals surface area contributed by atoms with E-state index in [9.17, 15) is 19.5 Å². The first kappa shape index (κ1) is 17.1. The molecule has 3 rings (SSSR count). The Morgan fingerprint density at radius 2 is 1.92 bits per heavy atom. The Kier molecular flexibility index (Phi) is 4.83. The highest BCUT2D eigenvalue weighted by Crippen LogP contribution is 2.28. The Labute approximate surface area is 144 Å². The third-order valence-electron chi connectivity index (χ3n) is 4.81. The first-order chi connectivity index (χ1) is 12.0. The summed E-state index contributed by atoms with van der Waals surface area (Å²) >= 11 is 0. The smallest absolute Gasteiger partial charge is 0.329 e. The van der Waals surface area contributed by atoms with Gasteiger partial charge >= 0.3 is 5.97 Å². The van der Waals surface area contributed by atoms with Gasteiger partial charge in [0.25, 0.3) is 5.56 Å². The molecule has 1 aliphatic carbocycles. The SMILES string of the molecule is O=C(CCn1cnc2ccccc2c1=O)NC1(C(=O)O)CCCCC1. The predicted octanol–water partition coefficient (Wildman–Crippen LogP) is 1.69. The fourth-order valence-corrected chi connectivity index (χ4v) is 3.36. The molecule has 25 heavy (non-hydrogen) atoms. The van der Waals surface area contributed by atoms with Crippen molar-refractivity contribution < 1.29 is 14.7 Å². The highest BCUT2D eigenvalue weighted by Gasteiger charge is 2.40. The number of carbonyl (C=O) groups excluding carboxylic acids is 1. The predicted molar refractivity (Wildman–Crippen MR) is 92.2 cm³/mol. The first-order valence-electron chi connectivity index (χ1n) is 8.50. The van der Waals surface area contributed by atoms with Crippen molar-refractivity contribution in [1.82, 2.24) is 14.9 Å². The van der Waals surface area contributed by atoms with Crippen LogP contribution in [0.1, 0.15) is 38.5 Å². The Hall–Kier alpha value is -2.70. The fraction of sp³-hybridized carbons (Fsp3) is 0.444. The maximum atomic E-state index is 12.4. The molecule has 2 N–H and O–H groups in total. The fourth-order valence-electron chi connectivity index (χ4n) is 3.36. The van der Waals surface area contributed by atoms with Crippen LogP contribution >= 0.6 is 0 Å². The molecule has 0 unspecified atom stereocenters. The van der Waals surface area contributed by atoms with Gasteiger partial charge in [0.05, 0.1) is 17.2 Å². The lowest BCUT2D eigenvalue weighted by Gasteiger charge is -2.34. The average molecular weight is 343 g/mol. The van der Waals surface area contributed by atoms with Crippen molar-refractivity contribution in [2.24, 2.45) is 0 Å². The van der Waals surface area contributed by atoms with Crippen LogP contribution in [0, 0.1) is 0 Å². The van der Waals surface area contributed by atoms with Crippen molar-refractivity contribution in [2.45, 2.75) is 50.6 Å². The molecule has 1 heterocycles. The summed E-state index contributed by atoms with van der Waals surface area (Å²) in [6.07, 6.45) is 4.93. The summed E-state index contributed by atoms with van der Waals surface area (Å²) in [7, 11) is 0. The second kappa shape index (κ2) is 7.04. The molecular formula is C18H21N3O4. The van der Waals surface area contributed by atoms with Gasteiger partial charge in [-0.3, -0.25) is 14.2 Å². The number of carbonyl (C=O) groups is 2. The van der Waals surface area contributed by atoms with E-state index in [-0.39, 0.29) is 24.4 Å². The van der Waals surface area contributed by atoms with E-state index in [4.69, 9.17) is 0 Å². The van der Waals surface area contributed by atoms with Crippen LogP contribution in [0.3, 0.4) is 0 Å². The molecular weight excluding hydrogens is 322 g/mol. The molecule has 132 valence electrons. The van der Waals surface area contributed by atoms with Crippen molar-refractivity contribution in [1.29, 1.82) is 0 Å². The van der Waals surface area contributed by atoms with E-state index in [2.05, 4.69) is 10.3 Å². The van der Waals surface area contributed by atoms with Crippen LogP contribution in [0.25, 0.3) is 10.9 Å². The van der Waals surface area contributed by atoms with Gasteiger partial charge in [-0.1, -0.05) is 31.4 Å². The van der Waals surface area contributed by atoms with Crippen LogP contribution in [-0.4, -0.2) is 32.1 Å². The van der Waals surface area contributed by atoms with Gasteiger partial charge in [0, 0.05) is 13.0 Å². The van der Waals surface area contributed by atoms with Crippen LogP contribution in [-0.2, 0) is 16.1 Å². The molecule has 0 spiro atoms. The number of aliphatic carboxylic acids is 1. The van der Waals surface area contributed by atoms with Crippen LogP contribution in [0.4, 0.5) is 0 Å². The maximum Gasteiger partial charge on any atom is 0.329 e. The largest absolute Gasteiger partial charge is 0.480 e. The number of amides is 1. The molecule has 0 saturated heterocycles. The highest BCUT2D eigenvalue weighted by atomic mass is 16.4. The zero-order valence-corrected chi connectivity index (χ0v) is 13.9. The van der Waals surface area contributed by atoms with Gasteiger partial charge in [0.15, 0.2) is 0 Å². The number of hydrogen-bond donors (Lipinski definition) is 2. The van der Waals surface area contributed by atoms with Crippen LogP contribution in [0.5, 0.6) is 0 Å². The van der Waals surface area contributed by atoms with E-state index < -0.39 is 11.5 Å². The maximum absolute atomic E-state index is 12.4. The van der Waals surface area contributed by atoms with Crippen molar-refractivity contribution in [2.75, 3.05) is 0 Å². The summed E-state index contributed by atoms with van der Waals surface area (Å²) in [5.74, 6) is -1.34. The summed E-state index contributed by atoms with van der Waals surface area (Å²) in [5, 5.41) is 12.7. The first-order valence-corrected chi connectivity index (χ1v) is 8.50. The molecule has 0 aliphatic heterocycles. The number of para-hydroxylation sites is 1. The van der Waals surface area contributed by atoms with Gasteiger partial charge < -0.3 is 10.4 Å². The molecule has 1 amide bonds. The molecule has 1 aliphatic rings. The number of carboxylic acids is 1. The molecule has 0 radical (unpaired) electrons. The third kappa shape index (κ3) is 3.55. The molecule has 1 aromatic heterocycles. The van der Waals surface area contributed by atoms with E-state index in [1.165, 1.54) is 10.9 Å². The average Bonchev–Trinajstić information content (AvgIpc) is 2.62. The number of aromatic nitrogens is 2. The molecule has 1 saturated carbocycles. The van der Waals surface area contributed by atoms with E-state index >= 15 is 0 Å². The molecule has 7 heteroatoms. The number of benzene rings is 1. The normalized spacial score (nSPS) is 16.5. The summed E-state index contributed by atoms with van der Waals surface area (Å²) < 4.78 is 1.39. The zero-order valence-electron chi connectivity index (χ0n) is 13.9. The zero-order chi connectivity index (χ0) is 17.9. The number of aryl methyl sites for hydroxylation is 1. The third-order valence-corrected chi connectivity index (χ3v) is 4.81. The number of nitrogens with zero attached hydrogens (tertiary/aromatic N) is 2. The minimum absolute atomic E-state index is 0.0367. The lowest BCUT2D eigenvalue weighted by molar-refractivity contribution is -0.149. The van der Waals surface area contributed by atoms with Gasteiger partial charge in [-0.05, 0) is 25.0 Å². The van der Waals surface area contributed by atoms with E-state index in [1.54, 1.807) is 18.2 Å². The van der Waals surface area contributed by atoms with Crippen molar-refractivity contribution in [3.8, 4) is 0 Å². The summed E-state index contributed by atoms with van der Waals surface area (Å²) in [4.78, 5) is 40.5. The summed E-state index contributed by atoms with van der Waals surface area (Å²) in [6.45, 7) is 0.165. The van der Waals surface area contributed by atoms with Crippen LogP contribution in [0.15, 0.2) is 35.4 Å². The lowest BCUT2D eigenvalue weighted by atomic mass is 9.81. The van der Waals surface area contributed by atoms with Gasteiger partial charge in [0.1, 0.15) is 5.54 Å². The quantitative estimate of drug-likeness (QED) is 0.860. The molecule has 1 fully saturated rings. The molecule has 0 atom stereocenters. The number of nitrogens with one attached hydrogen (secondary N) is 1. The van der Waals surface area contributed by atoms with Crippen molar-refractivity contribution in [3.63, 3.8) is 0 Å². The van der Waals surface area contributed by atoms with Crippen LogP contribution < -0.4 is 10.9 Å². The van der Waals surface area contributed by atoms with E-state index in [0.29, 0.717) is 23.7 Å². The Morgan fingerprint density at radius 3 is 2.64 bits per heavy atom. The number of hydrogen-bond acceptors (Lipinski definition) is 4. The molecule has 0 bridgehead atoms. The van der Waals surface area contributed by atoms with Crippen molar-refractivity contribution >= 4 is 22.8 Å². The number of carboxylic acid groups (broad SMARTS) is 1. The highest BCUT2D eigenvalue weighted by molar-refractivity contribution is 5.87. The van der Waals surface area contributed by atoms with Gasteiger partial charge in [-0.2, -0.15) is 0 Å². The van der Waals surface area contributed by atoms with Gasteiger partial charge in [-0.25, -0.2) is 9.78 Å². The van der Waals surface area contributed by atoms with E-state index in [1.807, 2.05) is 6.07 Å². The van der Waals surface area contributed by atoms with Crippen molar-refractivity contribution in [3.05, 3.63) is 40.9 Å². The number of rotatable bonds is 5. The minimum Gasteiger partial charge on any atom is -0.480 e. The molecule has 2 aromatic rings. The number of fused-ring (bicyclic) bond motifs is 1. The van der Waals surface area contributed by atoms with Crippen LogP contribution in [0.2, 0.25) is 0 Å². The lowest BCUT2D eigenvalue weighted by Crippen LogP contribution is -2.55. The second-order valence-corrected chi connectivity index (χ2v) is 6.51. The Balaban J connectivity index is 1.69.